The lowest BCUT2D eigenvalue weighted by Gasteiger charge is -2.36. The average Bonchev–Trinajstić information content (AvgIpc) is 1.65. The van der Waals surface area contributed by atoms with E-state index in [0.717, 1.165) is 36.3 Å². The number of phenols is 1. The number of thioether (sulfide) groups is 1. The van der Waals surface area contributed by atoms with Crippen molar-refractivity contribution in [3.8, 4) is 5.75 Å². The SMILES string of the molecule is CCCC[C@H]1C(=O)N(C)[C@@H](CCCC)C(=O)N[C@@H](CCCN)C(=O)NC(C(=O)NCC(N)=O)CSCC(=O)N[C@@H](Cc2ccc(O)cc2)C(=O)N(C)[C@@H](C)C(=O)N[C@@H](CC(N)=O)C(=O)N2CCC[C@H]2C(=O)N[C@@H](CC(N)=O)C(=O)N[C@@H](CC(C)C)C(=O)N2C[C@H](O)C[C@H]2C(=O)N[C@@H](Cc2c[nH]c3ccccc23)C(=O)N[C@@H](CO)C(=O)N[C@@H](Cc2c[nH]c3ccccc23)C(=O)N1C. The number of primary amides is 3. The van der Waals surface area contributed by atoms with Gasteiger partial charge in [-0.25, -0.2) is 0 Å². The number of unbranched alkanes of at least 4 members (excludes halogenated alkanes) is 2. The van der Waals surface area contributed by atoms with Crippen molar-refractivity contribution in [3.05, 3.63) is 102 Å². The van der Waals surface area contributed by atoms with Crippen LogP contribution in [0.3, 0.4) is 0 Å². The second-order valence-electron chi connectivity index (χ2n) is 33.8. The van der Waals surface area contributed by atoms with Crippen LogP contribution in [0, 0.1) is 5.92 Å². The van der Waals surface area contributed by atoms with E-state index in [1.165, 1.54) is 52.3 Å². The van der Waals surface area contributed by atoms with Gasteiger partial charge in [-0.1, -0.05) is 102 Å². The molecule has 42 nitrogen and oxygen atoms in total. The Morgan fingerprint density at radius 2 is 1.02 bits per heavy atom. The number of rotatable bonds is 25. The van der Waals surface area contributed by atoms with Crippen LogP contribution in [0.4, 0.5) is 0 Å². The van der Waals surface area contributed by atoms with E-state index in [4.69, 9.17) is 22.9 Å². The minimum absolute atomic E-state index is 0.000783. The summed E-state index contributed by atoms with van der Waals surface area (Å²) < 4.78 is 0. The Hall–Kier alpha value is -12.8. The number of benzene rings is 3. The zero-order valence-corrected chi connectivity index (χ0v) is 75.8. The predicted octanol–water partition coefficient (Wildman–Crippen LogP) is -3.54. The van der Waals surface area contributed by atoms with Crippen molar-refractivity contribution < 1.29 is 102 Å². The molecule has 0 aliphatic carbocycles. The fourth-order valence-corrected chi connectivity index (χ4v) is 17.0. The molecule has 0 radical (unpaired) electrons. The fourth-order valence-electron chi connectivity index (χ4n) is 16.2. The molecular weight excluding hydrogens is 1720 g/mol. The van der Waals surface area contributed by atoms with E-state index in [2.05, 4.69) is 63.1 Å². The molecule has 0 bridgehead atoms. The number of aliphatic hydroxyl groups excluding tert-OH is 2. The summed E-state index contributed by atoms with van der Waals surface area (Å²) in [6.07, 6.45) is 0.272. The maximum absolute atomic E-state index is 15.7. The minimum Gasteiger partial charge on any atom is -0.508 e. The summed E-state index contributed by atoms with van der Waals surface area (Å²) in [6.45, 7) is 5.81. The summed E-state index contributed by atoms with van der Waals surface area (Å²) >= 11 is 0.767. The van der Waals surface area contributed by atoms with E-state index in [0.29, 0.717) is 64.2 Å². The Bertz CT molecular complexity index is 4930. The van der Waals surface area contributed by atoms with Crippen LogP contribution < -0.4 is 76.1 Å². The molecule has 23 N–H and O–H groups in total. The molecule has 5 heterocycles. The number of nitrogens with one attached hydrogen (secondary N) is 12. The highest BCUT2D eigenvalue weighted by Crippen LogP contribution is 2.28. The molecular formula is C88H125N21O21S. The third-order valence-corrected chi connectivity index (χ3v) is 24.5. The molecule has 1 unspecified atom stereocenters. The van der Waals surface area contributed by atoms with Gasteiger partial charge in [0.05, 0.1) is 37.9 Å². The fraction of sp³-hybridized carbons (Fsp3) is 0.545. The van der Waals surface area contributed by atoms with Crippen molar-refractivity contribution in [2.24, 2.45) is 28.9 Å². The Labute approximate surface area is 761 Å². The summed E-state index contributed by atoms with van der Waals surface area (Å²) in [5.74, 6) is -19.3. The van der Waals surface area contributed by atoms with Crippen molar-refractivity contribution in [1.29, 1.82) is 0 Å². The Morgan fingerprint density at radius 3 is 1.62 bits per heavy atom. The van der Waals surface area contributed by atoms with Gasteiger partial charge in [-0.2, -0.15) is 0 Å². The molecule has 18 amide bonds. The maximum Gasteiger partial charge on any atom is 0.246 e. The number of aliphatic hydroxyl groups is 2. The molecule has 8 rings (SSSR count). The number of aromatic nitrogens is 2. The van der Waals surface area contributed by atoms with E-state index in [-0.39, 0.29) is 83.0 Å². The molecule has 714 valence electrons. The van der Waals surface area contributed by atoms with E-state index in [9.17, 15) is 68.1 Å². The summed E-state index contributed by atoms with van der Waals surface area (Å²) in [7, 11) is 3.89. The highest BCUT2D eigenvalue weighted by molar-refractivity contribution is 8.00. The zero-order chi connectivity index (χ0) is 96.2. The van der Waals surface area contributed by atoms with Crippen molar-refractivity contribution in [2.45, 2.75) is 234 Å². The number of carbonyl (C=O) groups excluding carboxylic acids is 18. The number of aromatic hydroxyl groups is 1. The van der Waals surface area contributed by atoms with Crippen LogP contribution in [0.1, 0.15) is 141 Å². The first kappa shape index (κ1) is 104. The molecule has 3 fully saturated rings. The highest BCUT2D eigenvalue weighted by Gasteiger charge is 2.47. The molecule has 0 saturated carbocycles. The molecule has 3 aromatic carbocycles. The second kappa shape index (κ2) is 49.3. The van der Waals surface area contributed by atoms with Crippen molar-refractivity contribution in [3.63, 3.8) is 0 Å². The van der Waals surface area contributed by atoms with Gasteiger partial charge in [0.25, 0.3) is 0 Å². The van der Waals surface area contributed by atoms with Gasteiger partial charge in [0.1, 0.15) is 90.3 Å². The quantitative estimate of drug-likeness (QED) is 0.0269. The van der Waals surface area contributed by atoms with E-state index >= 15 is 33.6 Å². The number of hydrogen-bond acceptors (Lipinski definition) is 23. The largest absolute Gasteiger partial charge is 0.508 e. The molecule has 3 saturated heterocycles. The summed E-state index contributed by atoms with van der Waals surface area (Å²) in [5.41, 5.74) is 25.4. The third kappa shape index (κ3) is 28.9. The van der Waals surface area contributed by atoms with Crippen LogP contribution >= 0.6 is 11.8 Å². The zero-order valence-electron chi connectivity index (χ0n) is 74.9. The van der Waals surface area contributed by atoms with Crippen LogP contribution in [0.5, 0.6) is 5.75 Å². The van der Waals surface area contributed by atoms with Gasteiger partial charge in [0, 0.05) is 99.9 Å². The van der Waals surface area contributed by atoms with Gasteiger partial charge in [0.2, 0.25) is 106 Å². The van der Waals surface area contributed by atoms with Gasteiger partial charge in [0.15, 0.2) is 0 Å². The number of para-hydroxylation sites is 2. The summed E-state index contributed by atoms with van der Waals surface area (Å²) in [6, 6.07) is -2.81. The van der Waals surface area contributed by atoms with Crippen LogP contribution in [-0.2, 0) is 106 Å². The van der Waals surface area contributed by atoms with Crippen molar-refractivity contribution >= 4 is 140 Å². The monoisotopic (exact) mass is 1840 g/mol. The Morgan fingerprint density at radius 1 is 0.519 bits per heavy atom. The van der Waals surface area contributed by atoms with Gasteiger partial charge in [-0.15, -0.1) is 11.8 Å². The van der Waals surface area contributed by atoms with Crippen LogP contribution in [-0.4, -0.2) is 312 Å². The molecule has 15 atom stereocenters. The topological polar surface area (TPSA) is 640 Å². The van der Waals surface area contributed by atoms with Gasteiger partial charge < -0.3 is 126 Å². The first-order valence-electron chi connectivity index (χ1n) is 44.0. The van der Waals surface area contributed by atoms with Crippen LogP contribution in [0.2, 0.25) is 0 Å². The number of aromatic amines is 2. The van der Waals surface area contributed by atoms with Gasteiger partial charge in [-0.3, -0.25) is 86.3 Å². The number of hydrogen-bond donors (Lipinski definition) is 19. The molecule has 2 aromatic heterocycles. The molecule has 3 aliphatic heterocycles. The number of nitrogens with zero attached hydrogens (tertiary/aromatic N) is 5. The first-order valence-corrected chi connectivity index (χ1v) is 45.1. The second-order valence-corrected chi connectivity index (χ2v) is 34.8. The minimum atomic E-state index is -1.90. The number of phenolic OH excluding ortho intramolecular Hbond substituents is 1. The molecule has 0 spiro atoms. The first-order chi connectivity index (χ1) is 62.3. The lowest BCUT2D eigenvalue weighted by atomic mass is 10.00. The predicted molar refractivity (Wildman–Crippen MR) is 480 cm³/mol. The third-order valence-electron chi connectivity index (χ3n) is 23.5. The van der Waals surface area contributed by atoms with Gasteiger partial charge >= 0.3 is 0 Å². The lowest BCUT2D eigenvalue weighted by molar-refractivity contribution is -0.149. The standard InChI is InChI=1S/C88H125N21O21S/c1-9-11-24-67-81(123)97-58(23-17-31-89)77(119)104-66(76(118)95-42-73(92)115)45-131-46-74(116)96-62(34-49-27-29-52(111)30-28-49)84(126)105(6)48(5)75(117)100-64(39-72(91)114)86(128)108-32-18-26-68(108)82(124)99-60(38-71(90)113)79(121)101-61(33-47(3)4)87(129)109-43-53(112)37-70(109)83(125)98-59(35-50-40-93-56-21-15-13-19-54(50)56)78(120)103-65(44-110)80(122)102-63(36-51-41-94-57-22-16-14-20-55(51)57)85(127)107(8)69(25-12-10-2)88(130)106(67)7/h13-16,19-22,27-30,40-41,47-48,53,58-70,93-94,110-112H,9-12,17-18,23-26,31-39,42-46,89H2,1-8H3,(H2,90,113)(H2,91,114)(H2,92,115)(H,95,118)(H,96,116)(H,97,123)(H,98,125)(H,99,124)(H,100,117)(H,101,121)(H,102,122)(H,103,120)(H,104,119)/t48-,53+,58-,59-,60-,61-,62-,63-,64-,65-,66?,67-,68-,69-,70-/m0/s1. The number of fused-ring (bicyclic) bond motifs is 4. The summed E-state index contributed by atoms with van der Waals surface area (Å²) in [4.78, 5) is 273. The van der Waals surface area contributed by atoms with Gasteiger partial charge in [-0.05, 0) is 105 Å². The number of amides is 18. The number of likely N-dealkylation sites (N-methyl/N-ethyl adjacent to an activating group) is 3. The Balaban J connectivity index is 1.19. The molecule has 5 aromatic rings. The lowest BCUT2D eigenvalue weighted by Crippen LogP contribution is -2.62. The Kier molecular flexibility index (Phi) is 39.0. The molecule has 43 heteroatoms. The van der Waals surface area contributed by atoms with Crippen LogP contribution in [0.15, 0.2) is 85.2 Å². The average molecular weight is 1850 g/mol. The van der Waals surface area contributed by atoms with Crippen molar-refractivity contribution in [2.75, 3.05) is 65.4 Å². The van der Waals surface area contributed by atoms with Crippen molar-refractivity contribution in [1.82, 2.24) is 87.6 Å². The number of nitrogens with two attached hydrogens (primary N) is 4. The smallest absolute Gasteiger partial charge is 0.246 e. The van der Waals surface area contributed by atoms with E-state index < -0.39 is 253 Å². The normalized spacial score (nSPS) is 25.2. The molecule has 3 aliphatic rings. The summed E-state index contributed by atoms with van der Waals surface area (Å²) in [5, 5.41) is 59.8. The van der Waals surface area contributed by atoms with E-state index in [1.807, 2.05) is 13.8 Å². The molecule has 131 heavy (non-hydrogen) atoms. The highest BCUT2D eigenvalue weighted by atomic mass is 32.2. The number of H-pyrrole nitrogens is 2. The number of carbonyl (C=O) groups is 18. The van der Waals surface area contributed by atoms with Crippen LogP contribution in [0.25, 0.3) is 21.8 Å². The maximum atomic E-state index is 15.7. The van der Waals surface area contributed by atoms with E-state index in [1.54, 1.807) is 74.8 Å².